The normalized spacial score (nSPS) is 21.0. The minimum absolute atomic E-state index is 0.0882. The monoisotopic (exact) mass is 305 g/mol. The number of nitrogens with one attached hydrogen (secondary N) is 1. The molecule has 3 N–H and O–H groups in total. The number of primary amides is 1. The van der Waals surface area contributed by atoms with Crippen molar-refractivity contribution in [1.29, 1.82) is 0 Å². The Balaban J connectivity index is 1.81. The standard InChI is InChI=1S/C16H20FN3O2/c17-13-5-3-12-9-20(15(21)8-19-16(18)22)14(10-1-2-10)6-4-11(12)7-13/h3,5,7,10,14H,1-2,4,6,8-9H2,(H3,18,19,22)/t14-/m1/s1. The maximum absolute atomic E-state index is 13.4. The van der Waals surface area contributed by atoms with Crippen LogP contribution in [0.2, 0.25) is 0 Å². The van der Waals surface area contributed by atoms with Crippen LogP contribution in [0.3, 0.4) is 0 Å². The van der Waals surface area contributed by atoms with E-state index in [1.165, 1.54) is 6.07 Å². The summed E-state index contributed by atoms with van der Waals surface area (Å²) in [6.07, 6.45) is 3.87. The summed E-state index contributed by atoms with van der Waals surface area (Å²) in [7, 11) is 0. The summed E-state index contributed by atoms with van der Waals surface area (Å²) < 4.78 is 13.4. The van der Waals surface area contributed by atoms with Gasteiger partial charge in [0.2, 0.25) is 5.91 Å². The number of halogens is 1. The predicted octanol–water partition coefficient (Wildman–Crippen LogP) is 1.55. The zero-order valence-corrected chi connectivity index (χ0v) is 12.3. The van der Waals surface area contributed by atoms with Gasteiger partial charge in [-0.25, -0.2) is 9.18 Å². The Morgan fingerprint density at radius 2 is 2.05 bits per heavy atom. The van der Waals surface area contributed by atoms with E-state index in [9.17, 15) is 14.0 Å². The first-order valence-electron chi connectivity index (χ1n) is 7.64. The number of benzene rings is 1. The quantitative estimate of drug-likeness (QED) is 0.889. The van der Waals surface area contributed by atoms with E-state index >= 15 is 0 Å². The Hall–Kier alpha value is -2.11. The molecule has 1 aromatic rings. The minimum Gasteiger partial charge on any atom is -0.352 e. The smallest absolute Gasteiger partial charge is 0.312 e. The highest BCUT2D eigenvalue weighted by Crippen LogP contribution is 2.39. The van der Waals surface area contributed by atoms with E-state index in [0.717, 1.165) is 36.8 Å². The molecule has 0 bridgehead atoms. The third kappa shape index (κ3) is 3.21. The lowest BCUT2D eigenvalue weighted by Gasteiger charge is -2.30. The molecule has 0 spiro atoms. The van der Waals surface area contributed by atoms with Crippen LogP contribution in [0.4, 0.5) is 9.18 Å². The van der Waals surface area contributed by atoms with Crippen LogP contribution in [0.5, 0.6) is 0 Å². The molecule has 0 radical (unpaired) electrons. The lowest BCUT2D eigenvalue weighted by Crippen LogP contribution is -2.46. The van der Waals surface area contributed by atoms with Crippen molar-refractivity contribution in [1.82, 2.24) is 10.2 Å². The second-order valence-corrected chi connectivity index (χ2v) is 6.10. The SMILES string of the molecule is NC(=O)NCC(=O)N1Cc2ccc(F)cc2CC[C@@H]1C1CC1. The minimum atomic E-state index is -0.700. The average Bonchev–Trinajstić information content (AvgIpc) is 3.29. The lowest BCUT2D eigenvalue weighted by molar-refractivity contribution is -0.133. The van der Waals surface area contributed by atoms with Crippen molar-refractivity contribution in [3.05, 3.63) is 35.1 Å². The zero-order chi connectivity index (χ0) is 15.7. The highest BCUT2D eigenvalue weighted by atomic mass is 19.1. The largest absolute Gasteiger partial charge is 0.352 e. The van der Waals surface area contributed by atoms with E-state index in [0.29, 0.717) is 12.5 Å². The van der Waals surface area contributed by atoms with Crippen molar-refractivity contribution in [2.45, 2.75) is 38.3 Å². The van der Waals surface area contributed by atoms with Crippen LogP contribution in [-0.4, -0.2) is 29.4 Å². The van der Waals surface area contributed by atoms with Crippen LogP contribution >= 0.6 is 0 Å². The molecule has 1 saturated carbocycles. The third-order valence-electron chi connectivity index (χ3n) is 4.52. The summed E-state index contributed by atoms with van der Waals surface area (Å²) in [5, 5.41) is 2.36. The van der Waals surface area contributed by atoms with Crippen LogP contribution in [0.25, 0.3) is 0 Å². The van der Waals surface area contributed by atoms with Crippen LogP contribution in [0.15, 0.2) is 18.2 Å². The summed E-state index contributed by atoms with van der Waals surface area (Å²) in [5.41, 5.74) is 7.00. The molecule has 22 heavy (non-hydrogen) atoms. The first kappa shape index (κ1) is 14.8. The van der Waals surface area contributed by atoms with Gasteiger partial charge in [-0.3, -0.25) is 4.79 Å². The van der Waals surface area contributed by atoms with Gasteiger partial charge in [0, 0.05) is 12.6 Å². The number of urea groups is 1. The molecule has 2 aliphatic rings. The van der Waals surface area contributed by atoms with Gasteiger partial charge in [-0.05, 0) is 54.9 Å². The first-order valence-corrected chi connectivity index (χ1v) is 7.64. The molecule has 1 aliphatic heterocycles. The van der Waals surface area contributed by atoms with Gasteiger partial charge in [0.1, 0.15) is 5.82 Å². The molecular weight excluding hydrogens is 285 g/mol. The van der Waals surface area contributed by atoms with Gasteiger partial charge in [0.25, 0.3) is 0 Å². The van der Waals surface area contributed by atoms with Gasteiger partial charge < -0.3 is 16.0 Å². The fourth-order valence-corrected chi connectivity index (χ4v) is 3.25. The molecule has 0 saturated heterocycles. The Bertz CT molecular complexity index is 601. The van der Waals surface area contributed by atoms with Crippen molar-refractivity contribution in [2.24, 2.45) is 11.7 Å². The fourth-order valence-electron chi connectivity index (χ4n) is 3.25. The number of amides is 3. The summed E-state index contributed by atoms with van der Waals surface area (Å²) in [6.45, 7) is 0.380. The number of carbonyl (C=O) groups is 2. The molecule has 3 amide bonds. The van der Waals surface area contributed by atoms with Gasteiger partial charge in [0.05, 0.1) is 6.54 Å². The average molecular weight is 305 g/mol. The van der Waals surface area contributed by atoms with Crippen LogP contribution in [0.1, 0.15) is 30.4 Å². The molecular formula is C16H20FN3O2. The number of fused-ring (bicyclic) bond motifs is 1. The Morgan fingerprint density at radius 3 is 2.73 bits per heavy atom. The molecule has 3 rings (SSSR count). The summed E-state index contributed by atoms with van der Waals surface area (Å²) >= 11 is 0. The van der Waals surface area contributed by atoms with Crippen LogP contribution in [0, 0.1) is 11.7 Å². The summed E-state index contributed by atoms with van der Waals surface area (Å²) in [4.78, 5) is 25.1. The fraction of sp³-hybridized carbons (Fsp3) is 0.500. The highest BCUT2D eigenvalue weighted by molar-refractivity contribution is 5.83. The molecule has 0 aromatic heterocycles. The molecule has 1 atom stereocenters. The maximum Gasteiger partial charge on any atom is 0.312 e. The molecule has 6 heteroatoms. The van der Waals surface area contributed by atoms with Gasteiger partial charge in [-0.2, -0.15) is 0 Å². The van der Waals surface area contributed by atoms with Crippen molar-refractivity contribution >= 4 is 11.9 Å². The van der Waals surface area contributed by atoms with E-state index in [1.807, 2.05) is 4.90 Å². The topological polar surface area (TPSA) is 75.4 Å². The van der Waals surface area contributed by atoms with Crippen LogP contribution < -0.4 is 11.1 Å². The second-order valence-electron chi connectivity index (χ2n) is 6.10. The second kappa shape index (κ2) is 5.94. The third-order valence-corrected chi connectivity index (χ3v) is 4.52. The number of carbonyl (C=O) groups excluding carboxylic acids is 2. The van der Waals surface area contributed by atoms with E-state index in [4.69, 9.17) is 5.73 Å². The molecule has 118 valence electrons. The molecule has 1 heterocycles. The van der Waals surface area contributed by atoms with Gasteiger partial charge in [-0.1, -0.05) is 6.07 Å². The van der Waals surface area contributed by atoms with Crippen molar-refractivity contribution in [3.63, 3.8) is 0 Å². The van der Waals surface area contributed by atoms with E-state index in [-0.39, 0.29) is 24.3 Å². The Kier molecular flexibility index (Phi) is 4.00. The maximum atomic E-state index is 13.4. The Morgan fingerprint density at radius 1 is 1.27 bits per heavy atom. The van der Waals surface area contributed by atoms with E-state index < -0.39 is 6.03 Å². The van der Waals surface area contributed by atoms with E-state index in [1.54, 1.807) is 12.1 Å². The summed E-state index contributed by atoms with van der Waals surface area (Å²) in [6, 6.07) is 4.21. The van der Waals surface area contributed by atoms with Crippen molar-refractivity contribution < 1.29 is 14.0 Å². The van der Waals surface area contributed by atoms with Gasteiger partial charge in [0.15, 0.2) is 0 Å². The molecule has 5 nitrogen and oxygen atoms in total. The first-order chi connectivity index (χ1) is 10.5. The molecule has 1 aliphatic carbocycles. The number of nitrogens with two attached hydrogens (primary N) is 1. The predicted molar refractivity (Wildman–Crippen MR) is 79.4 cm³/mol. The lowest BCUT2D eigenvalue weighted by atomic mass is 10.0. The van der Waals surface area contributed by atoms with Gasteiger partial charge >= 0.3 is 6.03 Å². The number of hydrogen-bond donors (Lipinski definition) is 2. The van der Waals surface area contributed by atoms with Crippen molar-refractivity contribution in [2.75, 3.05) is 6.54 Å². The Labute approximate surface area is 128 Å². The van der Waals surface area contributed by atoms with E-state index in [2.05, 4.69) is 5.32 Å². The number of rotatable bonds is 3. The number of hydrogen-bond acceptors (Lipinski definition) is 2. The number of nitrogens with zero attached hydrogens (tertiary/aromatic N) is 1. The number of aryl methyl sites for hydroxylation is 1. The van der Waals surface area contributed by atoms with Crippen molar-refractivity contribution in [3.8, 4) is 0 Å². The zero-order valence-electron chi connectivity index (χ0n) is 12.3. The highest BCUT2D eigenvalue weighted by Gasteiger charge is 2.38. The molecule has 1 fully saturated rings. The van der Waals surface area contributed by atoms with Crippen LogP contribution in [-0.2, 0) is 17.8 Å². The molecule has 0 unspecified atom stereocenters. The summed E-state index contributed by atoms with van der Waals surface area (Å²) in [5.74, 6) is 0.154. The molecule has 1 aromatic carbocycles. The van der Waals surface area contributed by atoms with Gasteiger partial charge in [-0.15, -0.1) is 0 Å².